The number of rotatable bonds is 4. The van der Waals surface area contributed by atoms with E-state index < -0.39 is 11.8 Å². The molecule has 0 radical (unpaired) electrons. The quantitative estimate of drug-likeness (QED) is 0.631. The van der Waals surface area contributed by atoms with Crippen LogP contribution >= 0.6 is 0 Å². The van der Waals surface area contributed by atoms with Crippen molar-refractivity contribution in [2.75, 3.05) is 18.9 Å². The van der Waals surface area contributed by atoms with E-state index in [-0.39, 0.29) is 23.6 Å². The van der Waals surface area contributed by atoms with E-state index in [1.54, 1.807) is 13.8 Å². The number of nitrogens with two attached hydrogens (primary N) is 1. The number of hydrogen-bond acceptors (Lipinski definition) is 4. The van der Waals surface area contributed by atoms with Crippen molar-refractivity contribution >= 4 is 11.7 Å². The van der Waals surface area contributed by atoms with Gasteiger partial charge in [0, 0.05) is 5.69 Å². The number of carbonyl (C=O) groups excluding carboxylic acids is 1. The molecule has 0 aliphatic heterocycles. The summed E-state index contributed by atoms with van der Waals surface area (Å²) in [6, 6.07) is 2.80. The molecule has 0 heterocycles. The maximum atomic E-state index is 13.8. The number of nitrogen functional groups attached to an aromatic ring is 1. The fraction of sp³-hybridized carbons (Fsp3) is 0.364. The molecule has 0 aliphatic carbocycles. The summed E-state index contributed by atoms with van der Waals surface area (Å²) >= 11 is 0. The number of benzene rings is 1. The van der Waals surface area contributed by atoms with Crippen LogP contribution in [0.2, 0.25) is 0 Å². The molecule has 0 spiro atoms. The Morgan fingerprint density at radius 3 is 2.62 bits per heavy atom. The minimum absolute atomic E-state index is 0.000229. The van der Waals surface area contributed by atoms with E-state index in [1.807, 2.05) is 0 Å². The molecule has 16 heavy (non-hydrogen) atoms. The molecule has 0 saturated heterocycles. The van der Waals surface area contributed by atoms with Gasteiger partial charge >= 0.3 is 5.97 Å². The SMILES string of the molecule is CCOC(=O)c1c(N)ccc(OCC)c1F. The third-order valence-corrected chi connectivity index (χ3v) is 1.92. The van der Waals surface area contributed by atoms with Gasteiger partial charge < -0.3 is 15.2 Å². The van der Waals surface area contributed by atoms with Crippen LogP contribution in [0.15, 0.2) is 12.1 Å². The predicted molar refractivity (Wildman–Crippen MR) is 57.9 cm³/mol. The lowest BCUT2D eigenvalue weighted by atomic mass is 10.1. The molecule has 0 aliphatic rings. The third kappa shape index (κ3) is 2.42. The van der Waals surface area contributed by atoms with Gasteiger partial charge in [0.25, 0.3) is 0 Å². The highest BCUT2D eigenvalue weighted by molar-refractivity contribution is 5.95. The van der Waals surface area contributed by atoms with Crippen LogP contribution in [0.5, 0.6) is 5.75 Å². The van der Waals surface area contributed by atoms with Gasteiger partial charge in [0.1, 0.15) is 5.56 Å². The maximum absolute atomic E-state index is 13.8. The van der Waals surface area contributed by atoms with Gasteiger partial charge in [-0.1, -0.05) is 0 Å². The fourth-order valence-electron chi connectivity index (χ4n) is 1.25. The van der Waals surface area contributed by atoms with Crippen molar-refractivity contribution in [1.29, 1.82) is 0 Å². The van der Waals surface area contributed by atoms with Crippen LogP contribution in [0.3, 0.4) is 0 Å². The first-order valence-corrected chi connectivity index (χ1v) is 4.99. The Bertz CT molecular complexity index is 393. The Balaban J connectivity index is 3.15. The third-order valence-electron chi connectivity index (χ3n) is 1.92. The van der Waals surface area contributed by atoms with Crippen LogP contribution < -0.4 is 10.5 Å². The molecule has 0 fully saturated rings. The van der Waals surface area contributed by atoms with E-state index in [0.717, 1.165) is 0 Å². The number of halogens is 1. The monoisotopic (exact) mass is 227 g/mol. The zero-order valence-electron chi connectivity index (χ0n) is 9.25. The number of esters is 1. The van der Waals surface area contributed by atoms with E-state index >= 15 is 0 Å². The molecule has 0 saturated carbocycles. The van der Waals surface area contributed by atoms with Gasteiger partial charge in [-0.25, -0.2) is 9.18 Å². The molecule has 0 aromatic heterocycles. The van der Waals surface area contributed by atoms with E-state index in [1.165, 1.54) is 12.1 Å². The lowest BCUT2D eigenvalue weighted by Gasteiger charge is -2.10. The zero-order valence-corrected chi connectivity index (χ0v) is 9.25. The molecule has 4 nitrogen and oxygen atoms in total. The topological polar surface area (TPSA) is 61.5 Å². The number of carbonyl (C=O) groups is 1. The van der Waals surface area contributed by atoms with E-state index in [0.29, 0.717) is 6.61 Å². The van der Waals surface area contributed by atoms with E-state index in [2.05, 4.69) is 0 Å². The van der Waals surface area contributed by atoms with Gasteiger partial charge in [-0.2, -0.15) is 0 Å². The van der Waals surface area contributed by atoms with Crippen LogP contribution in [0, 0.1) is 5.82 Å². The Kier molecular flexibility index (Phi) is 4.10. The average Bonchev–Trinajstić information content (AvgIpc) is 2.23. The van der Waals surface area contributed by atoms with Crippen molar-refractivity contribution in [2.24, 2.45) is 0 Å². The largest absolute Gasteiger partial charge is 0.491 e. The molecule has 1 aromatic rings. The Morgan fingerprint density at radius 1 is 1.38 bits per heavy atom. The standard InChI is InChI=1S/C11H14FNO3/c1-3-15-8-6-5-7(13)9(10(8)12)11(14)16-4-2/h5-6H,3-4,13H2,1-2H3. The summed E-state index contributed by atoms with van der Waals surface area (Å²) in [5.74, 6) is -1.56. The smallest absolute Gasteiger partial charge is 0.343 e. The minimum Gasteiger partial charge on any atom is -0.491 e. The molecule has 0 atom stereocenters. The molecular formula is C11H14FNO3. The maximum Gasteiger partial charge on any atom is 0.343 e. The highest BCUT2D eigenvalue weighted by Gasteiger charge is 2.20. The predicted octanol–water partition coefficient (Wildman–Crippen LogP) is 1.98. The van der Waals surface area contributed by atoms with Gasteiger partial charge in [0.15, 0.2) is 11.6 Å². The van der Waals surface area contributed by atoms with Crippen LogP contribution in [0.4, 0.5) is 10.1 Å². The molecule has 1 aromatic carbocycles. The van der Waals surface area contributed by atoms with Gasteiger partial charge in [0.2, 0.25) is 0 Å². The normalized spacial score (nSPS) is 9.94. The molecule has 5 heteroatoms. The Morgan fingerprint density at radius 2 is 2.06 bits per heavy atom. The van der Waals surface area contributed by atoms with Gasteiger partial charge in [-0.15, -0.1) is 0 Å². The number of ether oxygens (including phenoxy) is 2. The van der Waals surface area contributed by atoms with Crippen LogP contribution in [-0.2, 0) is 4.74 Å². The molecular weight excluding hydrogens is 213 g/mol. The first-order chi connectivity index (χ1) is 7.61. The molecule has 2 N–H and O–H groups in total. The van der Waals surface area contributed by atoms with E-state index in [4.69, 9.17) is 15.2 Å². The Hall–Kier alpha value is -1.78. The van der Waals surface area contributed by atoms with Crippen LogP contribution in [-0.4, -0.2) is 19.2 Å². The second-order valence-corrected chi connectivity index (χ2v) is 3.00. The van der Waals surface area contributed by atoms with Crippen LogP contribution in [0.25, 0.3) is 0 Å². The van der Waals surface area contributed by atoms with Crippen molar-refractivity contribution in [3.05, 3.63) is 23.5 Å². The summed E-state index contributed by atoms with van der Waals surface area (Å²) in [6.07, 6.45) is 0. The molecule has 0 amide bonds. The number of anilines is 1. The zero-order chi connectivity index (χ0) is 12.1. The molecule has 1 rings (SSSR count). The molecule has 0 unspecified atom stereocenters. The van der Waals surface area contributed by atoms with Crippen molar-refractivity contribution in [3.8, 4) is 5.75 Å². The number of hydrogen-bond donors (Lipinski definition) is 1. The lowest BCUT2D eigenvalue weighted by Crippen LogP contribution is -2.11. The van der Waals surface area contributed by atoms with Gasteiger partial charge in [0.05, 0.1) is 13.2 Å². The Labute approximate surface area is 93.2 Å². The first-order valence-electron chi connectivity index (χ1n) is 4.99. The molecule has 88 valence electrons. The van der Waals surface area contributed by atoms with Gasteiger partial charge in [-0.05, 0) is 26.0 Å². The first kappa shape index (κ1) is 12.3. The summed E-state index contributed by atoms with van der Waals surface area (Å²) < 4.78 is 23.5. The average molecular weight is 227 g/mol. The second kappa shape index (κ2) is 5.34. The van der Waals surface area contributed by atoms with Crippen molar-refractivity contribution < 1.29 is 18.7 Å². The van der Waals surface area contributed by atoms with Crippen LogP contribution in [0.1, 0.15) is 24.2 Å². The van der Waals surface area contributed by atoms with Gasteiger partial charge in [-0.3, -0.25) is 0 Å². The summed E-state index contributed by atoms with van der Waals surface area (Å²) in [6.45, 7) is 3.83. The summed E-state index contributed by atoms with van der Waals surface area (Å²) in [5, 5.41) is 0. The highest BCUT2D eigenvalue weighted by atomic mass is 19.1. The second-order valence-electron chi connectivity index (χ2n) is 3.00. The minimum atomic E-state index is -0.779. The van der Waals surface area contributed by atoms with E-state index in [9.17, 15) is 9.18 Å². The summed E-state index contributed by atoms with van der Waals surface area (Å²) in [5.41, 5.74) is 5.29. The summed E-state index contributed by atoms with van der Waals surface area (Å²) in [4.78, 5) is 11.4. The lowest BCUT2D eigenvalue weighted by molar-refractivity contribution is 0.0521. The summed E-state index contributed by atoms with van der Waals surface area (Å²) in [7, 11) is 0. The van der Waals surface area contributed by atoms with Crippen molar-refractivity contribution in [2.45, 2.75) is 13.8 Å². The van der Waals surface area contributed by atoms with Crippen molar-refractivity contribution in [1.82, 2.24) is 0 Å². The molecule has 0 bridgehead atoms. The van der Waals surface area contributed by atoms with Crippen molar-refractivity contribution in [3.63, 3.8) is 0 Å². The highest BCUT2D eigenvalue weighted by Crippen LogP contribution is 2.26. The fourth-order valence-corrected chi connectivity index (χ4v) is 1.25.